The van der Waals surface area contributed by atoms with Gasteiger partial charge in [0.2, 0.25) is 0 Å². The fourth-order valence-electron chi connectivity index (χ4n) is 2.25. The Morgan fingerprint density at radius 2 is 1.84 bits per heavy atom. The minimum absolute atomic E-state index is 0.155. The Morgan fingerprint density at radius 1 is 1.11 bits per heavy atom. The van der Waals surface area contributed by atoms with Crippen LogP contribution < -0.4 is 4.74 Å². The van der Waals surface area contributed by atoms with Crippen LogP contribution in [0.25, 0.3) is 0 Å². The molecule has 0 saturated heterocycles. The van der Waals surface area contributed by atoms with Crippen molar-refractivity contribution in [3.63, 3.8) is 0 Å². The molecule has 0 saturated carbocycles. The molecule has 0 fully saturated rings. The molecule has 96 valence electrons. The summed E-state index contributed by atoms with van der Waals surface area (Å²) in [7, 11) is 0. The molecule has 1 N–H and O–H groups in total. The van der Waals surface area contributed by atoms with Gasteiger partial charge in [0.15, 0.2) is 0 Å². The molecular weight excluding hydrogens is 262 g/mol. The van der Waals surface area contributed by atoms with Crippen molar-refractivity contribution in [1.82, 2.24) is 0 Å². The van der Waals surface area contributed by atoms with Crippen molar-refractivity contribution in [2.75, 3.05) is 0 Å². The molecule has 1 atom stereocenters. The van der Waals surface area contributed by atoms with Crippen molar-refractivity contribution in [2.45, 2.75) is 12.5 Å². The monoisotopic (exact) mass is 273 g/mol. The molecular formula is C15H12ClNO2. The highest BCUT2D eigenvalue weighted by Gasteiger charge is 2.26. The van der Waals surface area contributed by atoms with Gasteiger partial charge in [-0.05, 0) is 29.8 Å². The first-order valence-corrected chi connectivity index (χ1v) is 6.38. The molecule has 0 radical (unpaired) electrons. The maximum Gasteiger partial charge on any atom is 0.129 e. The van der Waals surface area contributed by atoms with Gasteiger partial charge in [0.25, 0.3) is 0 Å². The van der Waals surface area contributed by atoms with Crippen molar-refractivity contribution in [2.24, 2.45) is 5.16 Å². The van der Waals surface area contributed by atoms with Crippen LogP contribution in [-0.4, -0.2) is 10.9 Å². The van der Waals surface area contributed by atoms with Gasteiger partial charge in [-0.2, -0.15) is 0 Å². The Morgan fingerprint density at radius 3 is 2.58 bits per heavy atom. The van der Waals surface area contributed by atoms with Gasteiger partial charge in [0, 0.05) is 17.0 Å². The smallest absolute Gasteiger partial charge is 0.129 e. The molecule has 0 amide bonds. The molecule has 4 heteroatoms. The lowest BCUT2D eigenvalue weighted by molar-refractivity contribution is 0.203. The zero-order chi connectivity index (χ0) is 13.2. The summed E-state index contributed by atoms with van der Waals surface area (Å²) in [5, 5.41) is 13.2. The van der Waals surface area contributed by atoms with E-state index in [2.05, 4.69) is 5.16 Å². The maximum atomic E-state index is 9.16. The molecule has 1 heterocycles. The number of oxime groups is 1. The van der Waals surface area contributed by atoms with Gasteiger partial charge in [0.05, 0.1) is 5.71 Å². The quantitative estimate of drug-likeness (QED) is 0.629. The van der Waals surface area contributed by atoms with Crippen LogP contribution in [0.1, 0.15) is 23.7 Å². The SMILES string of the molecule is O/N=C1\CC(c2ccc(Cl)cc2)Oc2ccccc21. The Balaban J connectivity index is 1.98. The van der Waals surface area contributed by atoms with E-state index >= 15 is 0 Å². The average molecular weight is 274 g/mol. The molecule has 1 unspecified atom stereocenters. The fraction of sp³-hybridized carbons (Fsp3) is 0.133. The fourth-order valence-corrected chi connectivity index (χ4v) is 2.37. The molecule has 0 spiro atoms. The number of fused-ring (bicyclic) bond motifs is 1. The molecule has 2 aromatic rings. The number of rotatable bonds is 1. The largest absolute Gasteiger partial charge is 0.485 e. The molecule has 3 rings (SSSR count). The van der Waals surface area contributed by atoms with Gasteiger partial charge < -0.3 is 9.94 Å². The van der Waals surface area contributed by atoms with E-state index in [1.54, 1.807) is 0 Å². The number of hydrogen-bond donors (Lipinski definition) is 1. The van der Waals surface area contributed by atoms with Gasteiger partial charge >= 0.3 is 0 Å². The summed E-state index contributed by atoms with van der Waals surface area (Å²) in [6, 6.07) is 15.1. The van der Waals surface area contributed by atoms with E-state index in [0.29, 0.717) is 17.2 Å². The van der Waals surface area contributed by atoms with E-state index in [-0.39, 0.29) is 6.10 Å². The normalized spacial score (nSPS) is 19.8. The summed E-state index contributed by atoms with van der Waals surface area (Å²) in [6.45, 7) is 0. The lowest BCUT2D eigenvalue weighted by Crippen LogP contribution is -2.20. The highest BCUT2D eigenvalue weighted by Crippen LogP contribution is 2.35. The molecule has 2 aromatic carbocycles. The van der Waals surface area contributed by atoms with E-state index < -0.39 is 0 Å². The van der Waals surface area contributed by atoms with Gasteiger partial charge in [-0.1, -0.05) is 41.0 Å². The van der Waals surface area contributed by atoms with Crippen molar-refractivity contribution in [3.8, 4) is 5.75 Å². The summed E-state index contributed by atoms with van der Waals surface area (Å²) in [6.07, 6.45) is 0.382. The minimum atomic E-state index is -0.155. The van der Waals surface area contributed by atoms with Gasteiger partial charge in [-0.15, -0.1) is 0 Å². The van der Waals surface area contributed by atoms with Crippen molar-refractivity contribution < 1.29 is 9.94 Å². The van der Waals surface area contributed by atoms with Crippen LogP contribution in [0.3, 0.4) is 0 Å². The molecule has 3 nitrogen and oxygen atoms in total. The van der Waals surface area contributed by atoms with Crippen molar-refractivity contribution in [1.29, 1.82) is 0 Å². The van der Waals surface area contributed by atoms with Crippen LogP contribution in [0.4, 0.5) is 0 Å². The summed E-state index contributed by atoms with van der Waals surface area (Å²) in [5.41, 5.74) is 2.50. The number of hydrogen-bond acceptors (Lipinski definition) is 3. The summed E-state index contributed by atoms with van der Waals surface area (Å²) < 4.78 is 5.95. The number of ether oxygens (including phenoxy) is 1. The maximum absolute atomic E-state index is 9.16. The third-order valence-corrected chi connectivity index (χ3v) is 3.46. The lowest BCUT2D eigenvalue weighted by Gasteiger charge is -2.26. The molecule has 0 aliphatic carbocycles. The highest BCUT2D eigenvalue weighted by molar-refractivity contribution is 6.30. The van der Waals surface area contributed by atoms with E-state index in [0.717, 1.165) is 16.9 Å². The van der Waals surface area contributed by atoms with E-state index in [1.807, 2.05) is 48.5 Å². The Bertz CT molecular complexity index is 622. The highest BCUT2D eigenvalue weighted by atomic mass is 35.5. The van der Waals surface area contributed by atoms with E-state index in [4.69, 9.17) is 21.5 Å². The number of benzene rings is 2. The second-order valence-electron chi connectivity index (χ2n) is 4.41. The first-order valence-electron chi connectivity index (χ1n) is 6.00. The first kappa shape index (κ1) is 12.1. The Kier molecular flexibility index (Phi) is 3.13. The van der Waals surface area contributed by atoms with Crippen LogP contribution in [0.2, 0.25) is 5.02 Å². The van der Waals surface area contributed by atoms with E-state index in [9.17, 15) is 0 Å². The van der Waals surface area contributed by atoms with Crippen molar-refractivity contribution >= 4 is 17.3 Å². The number of para-hydroxylation sites is 1. The first-order chi connectivity index (χ1) is 9.28. The zero-order valence-corrected chi connectivity index (χ0v) is 10.8. The van der Waals surface area contributed by atoms with Crippen LogP contribution in [0, 0.1) is 0 Å². The molecule has 1 aliphatic rings. The Hall–Kier alpha value is -2.00. The Labute approximate surface area is 116 Å². The second kappa shape index (κ2) is 4.94. The summed E-state index contributed by atoms with van der Waals surface area (Å²) in [4.78, 5) is 0. The van der Waals surface area contributed by atoms with Crippen molar-refractivity contribution in [3.05, 3.63) is 64.7 Å². The zero-order valence-electron chi connectivity index (χ0n) is 10.1. The average Bonchev–Trinajstić information content (AvgIpc) is 2.47. The van der Waals surface area contributed by atoms with Gasteiger partial charge in [-0.25, -0.2) is 0 Å². The molecule has 0 aromatic heterocycles. The molecule has 1 aliphatic heterocycles. The topological polar surface area (TPSA) is 41.8 Å². The lowest BCUT2D eigenvalue weighted by atomic mass is 9.96. The third kappa shape index (κ3) is 2.29. The van der Waals surface area contributed by atoms with Crippen LogP contribution in [0.15, 0.2) is 53.7 Å². The van der Waals surface area contributed by atoms with Gasteiger partial charge in [0.1, 0.15) is 11.9 Å². The minimum Gasteiger partial charge on any atom is -0.485 e. The number of nitrogens with zero attached hydrogens (tertiary/aromatic N) is 1. The van der Waals surface area contributed by atoms with Crippen LogP contribution >= 0.6 is 11.6 Å². The standard InChI is InChI=1S/C15H12ClNO2/c16-11-7-5-10(6-8-11)15-9-13(17-18)12-3-1-2-4-14(12)19-15/h1-8,15,18H,9H2/b17-13+. The van der Waals surface area contributed by atoms with Crippen LogP contribution in [-0.2, 0) is 0 Å². The molecule has 19 heavy (non-hydrogen) atoms. The predicted octanol–water partition coefficient (Wildman–Crippen LogP) is 4.04. The predicted molar refractivity (Wildman–Crippen MR) is 74.2 cm³/mol. The van der Waals surface area contributed by atoms with Crippen LogP contribution in [0.5, 0.6) is 5.75 Å². The molecule has 0 bridgehead atoms. The third-order valence-electron chi connectivity index (χ3n) is 3.21. The summed E-state index contributed by atoms with van der Waals surface area (Å²) >= 11 is 5.88. The second-order valence-corrected chi connectivity index (χ2v) is 4.84. The van der Waals surface area contributed by atoms with Gasteiger partial charge in [-0.3, -0.25) is 0 Å². The summed E-state index contributed by atoms with van der Waals surface area (Å²) in [5.74, 6) is 0.738. The van der Waals surface area contributed by atoms with E-state index in [1.165, 1.54) is 0 Å². The number of halogens is 1.